The highest BCUT2D eigenvalue weighted by molar-refractivity contribution is 5.64. The fraction of sp³-hybridized carbons (Fsp3) is 0. The van der Waals surface area contributed by atoms with Crippen LogP contribution in [-0.2, 0) is 0 Å². The van der Waals surface area contributed by atoms with E-state index in [0.717, 1.165) is 16.9 Å². The lowest BCUT2D eigenvalue weighted by Gasteiger charge is -2.01. The second-order valence-corrected chi connectivity index (χ2v) is 3.84. The number of benzene rings is 1. The highest BCUT2D eigenvalue weighted by Crippen LogP contribution is 2.22. The number of H-pyrrole nitrogens is 1. The van der Waals surface area contributed by atoms with Crippen LogP contribution in [0.25, 0.3) is 16.9 Å². The topological polar surface area (TPSA) is 57.5 Å². The van der Waals surface area contributed by atoms with Gasteiger partial charge in [-0.25, -0.2) is 0 Å². The summed E-state index contributed by atoms with van der Waals surface area (Å²) in [7, 11) is 0. The lowest BCUT2D eigenvalue weighted by molar-refractivity contribution is 0.475. The molecule has 0 unspecified atom stereocenters. The number of aromatic hydroxyl groups is 1. The van der Waals surface area contributed by atoms with Crippen molar-refractivity contribution in [1.82, 2.24) is 9.38 Å². The van der Waals surface area contributed by atoms with E-state index in [9.17, 15) is 9.90 Å². The Kier molecular flexibility index (Phi) is 2.01. The van der Waals surface area contributed by atoms with E-state index in [0.29, 0.717) is 0 Å². The van der Waals surface area contributed by atoms with Crippen molar-refractivity contribution in [2.75, 3.05) is 0 Å². The Labute approximate surface area is 96.8 Å². The second kappa shape index (κ2) is 3.52. The van der Waals surface area contributed by atoms with Gasteiger partial charge >= 0.3 is 0 Å². The van der Waals surface area contributed by atoms with Gasteiger partial charge in [0.05, 0.1) is 5.69 Å². The quantitative estimate of drug-likeness (QED) is 0.666. The van der Waals surface area contributed by atoms with Gasteiger partial charge in [-0.15, -0.1) is 0 Å². The summed E-state index contributed by atoms with van der Waals surface area (Å²) < 4.78 is 1.90. The monoisotopic (exact) mass is 226 g/mol. The van der Waals surface area contributed by atoms with Gasteiger partial charge in [0.15, 0.2) is 5.43 Å². The van der Waals surface area contributed by atoms with Crippen molar-refractivity contribution in [3.8, 4) is 17.0 Å². The molecule has 3 aromatic rings. The number of hydrogen-bond acceptors (Lipinski definition) is 2. The average molecular weight is 226 g/mol. The first kappa shape index (κ1) is 9.72. The van der Waals surface area contributed by atoms with E-state index in [1.54, 1.807) is 24.4 Å². The van der Waals surface area contributed by atoms with Crippen molar-refractivity contribution in [3.05, 3.63) is 59.0 Å². The second-order valence-electron chi connectivity index (χ2n) is 3.84. The standard InChI is InChI=1S/C13H10N2O2/c16-10-3-1-9(2-4-10)12-8-14-13-7-11(17)5-6-15(12)13/h1-8,14,16H. The first-order chi connectivity index (χ1) is 8.24. The number of aromatic amines is 1. The summed E-state index contributed by atoms with van der Waals surface area (Å²) in [5, 5.41) is 9.25. The van der Waals surface area contributed by atoms with Crippen LogP contribution in [0.15, 0.2) is 53.6 Å². The number of rotatable bonds is 1. The molecule has 4 heteroatoms. The number of phenolic OH excluding ortho intramolecular Hbond substituents is 1. The number of nitrogens with zero attached hydrogens (tertiary/aromatic N) is 1. The molecule has 2 N–H and O–H groups in total. The van der Waals surface area contributed by atoms with E-state index in [1.807, 2.05) is 22.7 Å². The molecule has 0 atom stereocenters. The normalized spacial score (nSPS) is 10.8. The zero-order chi connectivity index (χ0) is 11.8. The maximum atomic E-state index is 11.2. The summed E-state index contributed by atoms with van der Waals surface area (Å²) in [5.41, 5.74) is 2.64. The summed E-state index contributed by atoms with van der Waals surface area (Å²) in [5.74, 6) is 0.237. The van der Waals surface area contributed by atoms with Gasteiger partial charge in [-0.1, -0.05) is 0 Å². The highest BCUT2D eigenvalue weighted by Gasteiger charge is 2.04. The van der Waals surface area contributed by atoms with Crippen LogP contribution in [-0.4, -0.2) is 14.5 Å². The number of hydrogen-bond donors (Lipinski definition) is 2. The Morgan fingerprint density at radius 2 is 1.88 bits per heavy atom. The molecule has 0 aliphatic heterocycles. The maximum Gasteiger partial charge on any atom is 0.183 e. The predicted molar refractivity (Wildman–Crippen MR) is 65.1 cm³/mol. The molecule has 84 valence electrons. The van der Waals surface area contributed by atoms with Crippen molar-refractivity contribution in [3.63, 3.8) is 0 Å². The Balaban J connectivity index is 2.24. The SMILES string of the molecule is O=c1ccn2c(-c3ccc(O)cc3)c[nH]c2c1. The van der Waals surface area contributed by atoms with Gasteiger partial charge in [0.25, 0.3) is 0 Å². The Bertz CT molecular complexity index is 723. The van der Waals surface area contributed by atoms with E-state index in [4.69, 9.17) is 0 Å². The minimum atomic E-state index is -0.0240. The molecular weight excluding hydrogens is 216 g/mol. The van der Waals surface area contributed by atoms with Crippen LogP contribution in [0.2, 0.25) is 0 Å². The molecule has 4 nitrogen and oxygen atoms in total. The molecule has 0 saturated carbocycles. The van der Waals surface area contributed by atoms with Gasteiger partial charge in [0, 0.05) is 30.1 Å². The Hall–Kier alpha value is -2.49. The van der Waals surface area contributed by atoms with Crippen LogP contribution in [0.3, 0.4) is 0 Å². The van der Waals surface area contributed by atoms with Gasteiger partial charge in [-0.05, 0) is 24.3 Å². The number of fused-ring (bicyclic) bond motifs is 1. The van der Waals surface area contributed by atoms with Gasteiger partial charge in [-0.2, -0.15) is 0 Å². The largest absolute Gasteiger partial charge is 0.508 e. The minimum absolute atomic E-state index is 0.0240. The lowest BCUT2D eigenvalue weighted by atomic mass is 10.1. The third kappa shape index (κ3) is 1.59. The van der Waals surface area contributed by atoms with E-state index >= 15 is 0 Å². The fourth-order valence-electron chi connectivity index (χ4n) is 1.87. The molecule has 3 rings (SSSR count). The van der Waals surface area contributed by atoms with Crippen LogP contribution in [0.1, 0.15) is 0 Å². The first-order valence-electron chi connectivity index (χ1n) is 5.23. The maximum absolute atomic E-state index is 11.2. The molecule has 2 heterocycles. The third-order valence-electron chi connectivity index (χ3n) is 2.71. The molecule has 0 aliphatic rings. The summed E-state index contributed by atoms with van der Waals surface area (Å²) in [6.07, 6.45) is 3.57. The Morgan fingerprint density at radius 3 is 2.65 bits per heavy atom. The number of aromatic nitrogens is 2. The van der Waals surface area contributed by atoms with Crippen LogP contribution < -0.4 is 5.43 Å². The predicted octanol–water partition coefficient (Wildman–Crippen LogP) is 2.00. The Morgan fingerprint density at radius 1 is 1.12 bits per heavy atom. The highest BCUT2D eigenvalue weighted by atomic mass is 16.3. The number of nitrogens with one attached hydrogen (secondary N) is 1. The number of imidazole rings is 1. The number of pyridine rings is 1. The molecule has 0 fully saturated rings. The van der Waals surface area contributed by atoms with Crippen molar-refractivity contribution in [1.29, 1.82) is 0 Å². The lowest BCUT2D eigenvalue weighted by Crippen LogP contribution is -1.99. The number of phenols is 1. The molecule has 2 aromatic heterocycles. The van der Waals surface area contributed by atoms with Crippen LogP contribution in [0.4, 0.5) is 0 Å². The smallest absolute Gasteiger partial charge is 0.183 e. The average Bonchev–Trinajstić information content (AvgIpc) is 2.73. The fourth-order valence-corrected chi connectivity index (χ4v) is 1.87. The van der Waals surface area contributed by atoms with Gasteiger partial charge in [-0.3, -0.25) is 4.79 Å². The van der Waals surface area contributed by atoms with Crippen molar-refractivity contribution < 1.29 is 5.11 Å². The van der Waals surface area contributed by atoms with Crippen LogP contribution in [0.5, 0.6) is 5.75 Å². The molecule has 0 spiro atoms. The van der Waals surface area contributed by atoms with Gasteiger partial charge < -0.3 is 14.5 Å². The van der Waals surface area contributed by atoms with Crippen molar-refractivity contribution >= 4 is 5.65 Å². The molecule has 0 radical (unpaired) electrons. The summed E-state index contributed by atoms with van der Waals surface area (Å²) >= 11 is 0. The zero-order valence-electron chi connectivity index (χ0n) is 8.92. The summed E-state index contributed by atoms with van der Waals surface area (Å²) in [6.45, 7) is 0. The van der Waals surface area contributed by atoms with Crippen molar-refractivity contribution in [2.24, 2.45) is 0 Å². The molecule has 1 aromatic carbocycles. The molecular formula is C13H10N2O2. The molecule has 0 aliphatic carbocycles. The summed E-state index contributed by atoms with van der Waals surface area (Å²) in [4.78, 5) is 14.3. The third-order valence-corrected chi connectivity index (χ3v) is 2.71. The van der Waals surface area contributed by atoms with E-state index in [-0.39, 0.29) is 11.2 Å². The molecule has 17 heavy (non-hydrogen) atoms. The van der Waals surface area contributed by atoms with Gasteiger partial charge in [0.1, 0.15) is 11.4 Å². The van der Waals surface area contributed by atoms with Crippen LogP contribution >= 0.6 is 0 Å². The minimum Gasteiger partial charge on any atom is -0.508 e. The molecule has 0 bridgehead atoms. The molecule has 0 amide bonds. The zero-order valence-corrected chi connectivity index (χ0v) is 8.92. The van der Waals surface area contributed by atoms with E-state index in [2.05, 4.69) is 4.98 Å². The first-order valence-corrected chi connectivity index (χ1v) is 5.23. The van der Waals surface area contributed by atoms with Gasteiger partial charge in [0.2, 0.25) is 0 Å². The van der Waals surface area contributed by atoms with E-state index in [1.165, 1.54) is 6.07 Å². The van der Waals surface area contributed by atoms with Crippen LogP contribution in [0, 0.1) is 0 Å². The van der Waals surface area contributed by atoms with Crippen molar-refractivity contribution in [2.45, 2.75) is 0 Å². The summed E-state index contributed by atoms with van der Waals surface area (Å²) in [6, 6.07) is 9.99. The molecule has 0 saturated heterocycles. The van der Waals surface area contributed by atoms with E-state index < -0.39 is 0 Å².